The predicted molar refractivity (Wildman–Crippen MR) is 68.9 cm³/mol. The number of amidine groups is 1. The number of hydrogen-bond acceptors (Lipinski definition) is 1. The zero-order valence-electron chi connectivity index (χ0n) is 11.1. The van der Waals surface area contributed by atoms with E-state index in [2.05, 4.69) is 25.7 Å². The van der Waals surface area contributed by atoms with Crippen molar-refractivity contribution in [3.05, 3.63) is 0 Å². The van der Waals surface area contributed by atoms with E-state index in [0.29, 0.717) is 5.41 Å². The first-order valence-electron chi connectivity index (χ1n) is 6.77. The molecule has 0 aromatic carbocycles. The monoisotopic (exact) mass is 222 g/mol. The molecule has 2 nitrogen and oxygen atoms in total. The van der Waals surface area contributed by atoms with Gasteiger partial charge in [-0.05, 0) is 31.1 Å². The van der Waals surface area contributed by atoms with Crippen LogP contribution < -0.4 is 0 Å². The molecule has 2 heteroatoms. The molecule has 0 unspecified atom stereocenters. The van der Waals surface area contributed by atoms with Crippen LogP contribution in [-0.4, -0.2) is 23.8 Å². The Bertz CT molecular complexity index is 259. The van der Waals surface area contributed by atoms with Crippen molar-refractivity contribution in [3.8, 4) is 0 Å². The van der Waals surface area contributed by atoms with Gasteiger partial charge in [0, 0.05) is 18.5 Å². The zero-order chi connectivity index (χ0) is 11.8. The molecule has 1 spiro atoms. The maximum atomic E-state index is 8.22. The fraction of sp³-hybridized carbons (Fsp3) is 0.929. The summed E-state index contributed by atoms with van der Waals surface area (Å²) in [5.41, 5.74) is 0.689. The van der Waals surface area contributed by atoms with Crippen LogP contribution in [0.1, 0.15) is 59.3 Å². The third kappa shape index (κ3) is 2.26. The van der Waals surface area contributed by atoms with Crippen molar-refractivity contribution >= 4 is 5.84 Å². The summed E-state index contributed by atoms with van der Waals surface area (Å²) in [6.07, 6.45) is 8.43. The van der Waals surface area contributed by atoms with E-state index in [1.165, 1.54) is 38.5 Å². The quantitative estimate of drug-likeness (QED) is 0.491. The standard InChI is InChI=1S/C14H26N2/c1-13(2,3)12(15)16-10-8-14(9-11-16)6-4-5-7-14/h15H,4-11H2,1-3H3. The smallest absolute Gasteiger partial charge is 0.101 e. The highest BCUT2D eigenvalue weighted by molar-refractivity contribution is 5.84. The molecule has 1 N–H and O–H groups in total. The first-order chi connectivity index (χ1) is 7.43. The minimum atomic E-state index is 0.0141. The summed E-state index contributed by atoms with van der Waals surface area (Å²) in [7, 11) is 0. The zero-order valence-corrected chi connectivity index (χ0v) is 11.1. The van der Waals surface area contributed by atoms with E-state index in [0.717, 1.165) is 18.9 Å². The molecule has 1 aliphatic carbocycles. The number of nitrogens with one attached hydrogen (secondary N) is 1. The molecule has 2 aliphatic rings. The van der Waals surface area contributed by atoms with Gasteiger partial charge in [-0.2, -0.15) is 0 Å². The van der Waals surface area contributed by atoms with Gasteiger partial charge in [-0.15, -0.1) is 0 Å². The van der Waals surface area contributed by atoms with Crippen molar-refractivity contribution in [2.75, 3.05) is 13.1 Å². The van der Waals surface area contributed by atoms with E-state index in [-0.39, 0.29) is 5.41 Å². The van der Waals surface area contributed by atoms with Crippen molar-refractivity contribution in [2.24, 2.45) is 10.8 Å². The van der Waals surface area contributed by atoms with Gasteiger partial charge in [-0.25, -0.2) is 0 Å². The lowest BCUT2D eigenvalue weighted by atomic mass is 9.76. The molecule has 0 aromatic heterocycles. The molecule has 16 heavy (non-hydrogen) atoms. The van der Waals surface area contributed by atoms with Crippen LogP contribution in [0.5, 0.6) is 0 Å². The van der Waals surface area contributed by atoms with E-state index in [4.69, 9.17) is 5.41 Å². The molecule has 0 aromatic rings. The average molecular weight is 222 g/mol. The summed E-state index contributed by atoms with van der Waals surface area (Å²) in [6.45, 7) is 8.69. The topological polar surface area (TPSA) is 27.1 Å². The Labute approximate surface area is 99.9 Å². The number of likely N-dealkylation sites (tertiary alicyclic amines) is 1. The van der Waals surface area contributed by atoms with Crippen molar-refractivity contribution in [2.45, 2.75) is 59.3 Å². The maximum absolute atomic E-state index is 8.22. The highest BCUT2D eigenvalue weighted by Crippen LogP contribution is 2.46. The van der Waals surface area contributed by atoms with E-state index in [1.807, 2.05) is 0 Å². The van der Waals surface area contributed by atoms with Gasteiger partial charge in [0.1, 0.15) is 5.84 Å². The summed E-state index contributed by atoms with van der Waals surface area (Å²) in [6, 6.07) is 0. The second-order valence-electron chi connectivity index (χ2n) is 6.79. The molecular weight excluding hydrogens is 196 g/mol. The molecule has 1 saturated heterocycles. The van der Waals surface area contributed by atoms with Gasteiger partial charge in [0.05, 0.1) is 0 Å². The van der Waals surface area contributed by atoms with Gasteiger partial charge in [0.2, 0.25) is 0 Å². The molecule has 1 aliphatic heterocycles. The summed E-state index contributed by atoms with van der Waals surface area (Å²) in [4.78, 5) is 2.31. The SMILES string of the molecule is CC(C)(C)C(=N)N1CCC2(CCCC2)CC1. The van der Waals surface area contributed by atoms with Crippen LogP contribution in [0.3, 0.4) is 0 Å². The van der Waals surface area contributed by atoms with E-state index in [1.54, 1.807) is 0 Å². The molecular formula is C14H26N2. The van der Waals surface area contributed by atoms with E-state index in [9.17, 15) is 0 Å². The van der Waals surface area contributed by atoms with Crippen molar-refractivity contribution < 1.29 is 0 Å². The molecule has 0 bridgehead atoms. The van der Waals surface area contributed by atoms with Gasteiger partial charge in [0.15, 0.2) is 0 Å². The fourth-order valence-corrected chi connectivity index (χ4v) is 3.30. The Morgan fingerprint density at radius 2 is 1.50 bits per heavy atom. The molecule has 0 amide bonds. The Morgan fingerprint density at radius 1 is 1.00 bits per heavy atom. The number of hydrogen-bond donors (Lipinski definition) is 1. The van der Waals surface area contributed by atoms with Gasteiger partial charge < -0.3 is 4.90 Å². The molecule has 1 saturated carbocycles. The highest BCUT2D eigenvalue weighted by atomic mass is 15.2. The van der Waals surface area contributed by atoms with E-state index >= 15 is 0 Å². The van der Waals surface area contributed by atoms with Crippen molar-refractivity contribution in [1.82, 2.24) is 4.90 Å². The first kappa shape index (κ1) is 11.9. The normalized spacial score (nSPS) is 25.1. The van der Waals surface area contributed by atoms with Gasteiger partial charge in [-0.1, -0.05) is 33.6 Å². The second kappa shape index (κ2) is 4.05. The lowest BCUT2D eigenvalue weighted by molar-refractivity contribution is 0.147. The lowest BCUT2D eigenvalue weighted by Gasteiger charge is -2.43. The van der Waals surface area contributed by atoms with Gasteiger partial charge in [0.25, 0.3) is 0 Å². The third-order valence-electron chi connectivity index (χ3n) is 4.51. The molecule has 0 radical (unpaired) electrons. The first-order valence-corrected chi connectivity index (χ1v) is 6.77. The fourth-order valence-electron chi connectivity index (χ4n) is 3.30. The van der Waals surface area contributed by atoms with Crippen molar-refractivity contribution in [1.29, 1.82) is 5.41 Å². The van der Waals surface area contributed by atoms with Crippen LogP contribution in [0, 0.1) is 16.2 Å². The van der Waals surface area contributed by atoms with Gasteiger partial charge >= 0.3 is 0 Å². The molecule has 92 valence electrons. The van der Waals surface area contributed by atoms with Crippen LogP contribution >= 0.6 is 0 Å². The molecule has 0 atom stereocenters. The maximum Gasteiger partial charge on any atom is 0.101 e. The van der Waals surface area contributed by atoms with Crippen molar-refractivity contribution in [3.63, 3.8) is 0 Å². The third-order valence-corrected chi connectivity index (χ3v) is 4.51. The highest BCUT2D eigenvalue weighted by Gasteiger charge is 2.38. The van der Waals surface area contributed by atoms with Crippen LogP contribution in [0.15, 0.2) is 0 Å². The summed E-state index contributed by atoms with van der Waals surface area (Å²) in [5.74, 6) is 0.834. The summed E-state index contributed by atoms with van der Waals surface area (Å²) >= 11 is 0. The average Bonchev–Trinajstić information content (AvgIpc) is 2.66. The molecule has 1 heterocycles. The predicted octanol–water partition coefficient (Wildman–Crippen LogP) is 3.67. The Kier molecular flexibility index (Phi) is 3.02. The molecule has 2 fully saturated rings. The van der Waals surface area contributed by atoms with Crippen LogP contribution in [-0.2, 0) is 0 Å². The minimum absolute atomic E-state index is 0.0141. The Balaban J connectivity index is 1.92. The lowest BCUT2D eigenvalue weighted by Crippen LogP contribution is -2.46. The summed E-state index contributed by atoms with van der Waals surface area (Å²) in [5, 5.41) is 8.22. The number of rotatable bonds is 0. The number of piperidine rings is 1. The van der Waals surface area contributed by atoms with Crippen LogP contribution in [0.25, 0.3) is 0 Å². The van der Waals surface area contributed by atoms with Gasteiger partial charge in [-0.3, -0.25) is 5.41 Å². The second-order valence-corrected chi connectivity index (χ2v) is 6.79. The van der Waals surface area contributed by atoms with Crippen LogP contribution in [0.4, 0.5) is 0 Å². The molecule has 2 rings (SSSR count). The Hall–Kier alpha value is -0.530. The van der Waals surface area contributed by atoms with E-state index < -0.39 is 0 Å². The number of nitrogens with zero attached hydrogens (tertiary/aromatic N) is 1. The van der Waals surface area contributed by atoms with Crippen LogP contribution in [0.2, 0.25) is 0 Å². The summed E-state index contributed by atoms with van der Waals surface area (Å²) < 4.78 is 0. The Morgan fingerprint density at radius 3 is 1.94 bits per heavy atom. The largest absolute Gasteiger partial charge is 0.360 e. The minimum Gasteiger partial charge on any atom is -0.360 e.